The quantitative estimate of drug-likeness (QED) is 0.790. The van der Waals surface area contributed by atoms with Crippen molar-refractivity contribution in [2.75, 3.05) is 13.2 Å². The van der Waals surface area contributed by atoms with E-state index < -0.39 is 0 Å². The fraction of sp³-hybridized carbons (Fsp3) is 0.533. The number of halogens is 1. The van der Waals surface area contributed by atoms with Gasteiger partial charge >= 0.3 is 0 Å². The Morgan fingerprint density at radius 1 is 1.50 bits per heavy atom. The van der Waals surface area contributed by atoms with Gasteiger partial charge in [-0.1, -0.05) is 18.3 Å². The first-order valence-corrected chi connectivity index (χ1v) is 7.45. The van der Waals surface area contributed by atoms with Gasteiger partial charge in [-0.2, -0.15) is 0 Å². The maximum absolute atomic E-state index is 13.6. The van der Waals surface area contributed by atoms with Crippen LogP contribution in [0.15, 0.2) is 18.2 Å². The molecule has 1 saturated heterocycles. The normalized spacial score (nSPS) is 19.4. The minimum absolute atomic E-state index is 0.0996. The van der Waals surface area contributed by atoms with E-state index >= 15 is 0 Å². The third-order valence-electron chi connectivity index (χ3n) is 3.88. The molecule has 0 aromatic heterocycles. The topological polar surface area (TPSA) is 49.5 Å². The second kappa shape index (κ2) is 7.11. The molecule has 0 radical (unpaired) electrons. The molecule has 0 spiro atoms. The third-order valence-corrected chi connectivity index (χ3v) is 4.10. The van der Waals surface area contributed by atoms with Crippen molar-refractivity contribution >= 4 is 17.2 Å². The molecule has 1 aromatic rings. The van der Waals surface area contributed by atoms with Crippen LogP contribution in [0.1, 0.15) is 36.8 Å². The number of thiocarbonyl (C=S) groups is 1. The summed E-state index contributed by atoms with van der Waals surface area (Å²) in [4.78, 5) is 2.49. The average molecular weight is 296 g/mol. The summed E-state index contributed by atoms with van der Waals surface area (Å²) in [5, 5.41) is 8.94. The smallest absolute Gasteiger partial charge is 0.133 e. The number of aliphatic hydroxyl groups excluding tert-OH is 1. The number of rotatable bonds is 6. The van der Waals surface area contributed by atoms with Crippen molar-refractivity contribution in [3.63, 3.8) is 0 Å². The Kier molecular flexibility index (Phi) is 5.46. The molecule has 1 aromatic carbocycles. The van der Waals surface area contributed by atoms with Gasteiger partial charge in [-0.15, -0.1) is 0 Å². The van der Waals surface area contributed by atoms with Gasteiger partial charge in [0.25, 0.3) is 0 Å². The monoisotopic (exact) mass is 296 g/mol. The van der Waals surface area contributed by atoms with E-state index in [0.717, 1.165) is 31.5 Å². The van der Waals surface area contributed by atoms with Gasteiger partial charge in [0, 0.05) is 24.8 Å². The van der Waals surface area contributed by atoms with Crippen molar-refractivity contribution in [2.45, 2.75) is 38.3 Å². The third kappa shape index (κ3) is 3.75. The van der Waals surface area contributed by atoms with Gasteiger partial charge in [-0.3, -0.25) is 4.90 Å². The van der Waals surface area contributed by atoms with Crippen molar-refractivity contribution in [1.29, 1.82) is 0 Å². The highest BCUT2D eigenvalue weighted by Crippen LogP contribution is 2.24. The molecule has 0 aliphatic carbocycles. The molecule has 1 heterocycles. The SMILES string of the molecule is NC(=S)c1cc(CN2CCCC2CCCO)ccc1F. The predicted molar refractivity (Wildman–Crippen MR) is 82.0 cm³/mol. The lowest BCUT2D eigenvalue weighted by Gasteiger charge is -2.24. The average Bonchev–Trinajstić information content (AvgIpc) is 2.85. The van der Waals surface area contributed by atoms with Crippen molar-refractivity contribution in [3.05, 3.63) is 35.1 Å². The van der Waals surface area contributed by atoms with Crippen LogP contribution >= 0.6 is 12.2 Å². The van der Waals surface area contributed by atoms with Gasteiger partial charge in [-0.25, -0.2) is 4.39 Å². The molecule has 1 fully saturated rings. The van der Waals surface area contributed by atoms with E-state index in [9.17, 15) is 4.39 Å². The number of likely N-dealkylation sites (tertiary alicyclic amines) is 1. The Balaban J connectivity index is 2.05. The van der Waals surface area contributed by atoms with E-state index in [0.29, 0.717) is 11.6 Å². The van der Waals surface area contributed by atoms with Crippen LogP contribution in [0.25, 0.3) is 0 Å². The molecule has 1 aliphatic rings. The molecular weight excluding hydrogens is 275 g/mol. The molecule has 0 saturated carbocycles. The Hall–Kier alpha value is -1.04. The summed E-state index contributed by atoms with van der Waals surface area (Å²) in [6.45, 7) is 2.08. The number of aliphatic hydroxyl groups is 1. The zero-order chi connectivity index (χ0) is 14.5. The summed E-state index contributed by atoms with van der Waals surface area (Å²) in [5.74, 6) is -0.362. The van der Waals surface area contributed by atoms with Crippen LogP contribution in [0.3, 0.4) is 0 Å². The summed E-state index contributed by atoms with van der Waals surface area (Å²) >= 11 is 4.87. The van der Waals surface area contributed by atoms with Crippen LogP contribution in [-0.4, -0.2) is 34.2 Å². The van der Waals surface area contributed by atoms with Gasteiger partial charge in [0.2, 0.25) is 0 Å². The molecule has 3 nitrogen and oxygen atoms in total. The lowest BCUT2D eigenvalue weighted by molar-refractivity contribution is 0.210. The van der Waals surface area contributed by atoms with Crippen LogP contribution in [0.4, 0.5) is 4.39 Å². The molecule has 110 valence electrons. The van der Waals surface area contributed by atoms with Gasteiger partial charge in [0.15, 0.2) is 0 Å². The van der Waals surface area contributed by atoms with E-state index in [4.69, 9.17) is 23.1 Å². The lowest BCUT2D eigenvalue weighted by atomic mass is 10.1. The Morgan fingerprint density at radius 3 is 3.00 bits per heavy atom. The van der Waals surface area contributed by atoms with E-state index in [1.807, 2.05) is 0 Å². The Morgan fingerprint density at radius 2 is 2.30 bits per heavy atom. The number of hydrogen-bond donors (Lipinski definition) is 2. The summed E-state index contributed by atoms with van der Waals surface area (Å²) < 4.78 is 13.6. The first kappa shape index (κ1) is 15.4. The van der Waals surface area contributed by atoms with Gasteiger partial charge < -0.3 is 10.8 Å². The van der Waals surface area contributed by atoms with E-state index in [1.54, 1.807) is 12.1 Å². The fourth-order valence-corrected chi connectivity index (χ4v) is 3.01. The minimum atomic E-state index is -0.362. The first-order valence-electron chi connectivity index (χ1n) is 7.05. The molecule has 2 rings (SSSR count). The number of nitrogens with zero attached hydrogens (tertiary/aromatic N) is 1. The van der Waals surface area contributed by atoms with Crippen LogP contribution in [0.5, 0.6) is 0 Å². The van der Waals surface area contributed by atoms with E-state index in [-0.39, 0.29) is 17.4 Å². The van der Waals surface area contributed by atoms with Crippen molar-refractivity contribution < 1.29 is 9.50 Å². The zero-order valence-electron chi connectivity index (χ0n) is 11.5. The molecule has 1 atom stereocenters. The van der Waals surface area contributed by atoms with Gasteiger partial charge in [0.1, 0.15) is 10.8 Å². The summed E-state index contributed by atoms with van der Waals surface area (Å²) in [7, 11) is 0. The number of hydrogen-bond acceptors (Lipinski definition) is 3. The zero-order valence-corrected chi connectivity index (χ0v) is 12.3. The van der Waals surface area contributed by atoms with E-state index in [2.05, 4.69) is 4.90 Å². The van der Waals surface area contributed by atoms with Crippen LogP contribution < -0.4 is 5.73 Å². The minimum Gasteiger partial charge on any atom is -0.396 e. The van der Waals surface area contributed by atoms with Crippen molar-refractivity contribution in [3.8, 4) is 0 Å². The van der Waals surface area contributed by atoms with Gasteiger partial charge in [-0.05, 0) is 49.9 Å². The molecule has 0 amide bonds. The van der Waals surface area contributed by atoms with Crippen molar-refractivity contribution in [2.24, 2.45) is 5.73 Å². The lowest BCUT2D eigenvalue weighted by Crippen LogP contribution is -2.29. The molecule has 0 bridgehead atoms. The molecule has 20 heavy (non-hydrogen) atoms. The molecular formula is C15H21FN2OS. The highest BCUT2D eigenvalue weighted by atomic mass is 32.1. The second-order valence-electron chi connectivity index (χ2n) is 5.31. The largest absolute Gasteiger partial charge is 0.396 e. The van der Waals surface area contributed by atoms with E-state index in [1.165, 1.54) is 18.9 Å². The number of nitrogens with two attached hydrogens (primary N) is 1. The standard InChI is InChI=1S/C15H21FN2OS/c16-14-6-5-11(9-13(14)15(17)20)10-18-7-1-3-12(18)4-2-8-19/h5-6,9,12,19H,1-4,7-8,10H2,(H2,17,20). The summed E-state index contributed by atoms with van der Waals surface area (Å²) in [6.07, 6.45) is 4.20. The van der Waals surface area contributed by atoms with Crippen LogP contribution in [0, 0.1) is 5.82 Å². The fourth-order valence-electron chi connectivity index (χ4n) is 2.85. The van der Waals surface area contributed by atoms with Crippen LogP contribution in [-0.2, 0) is 6.54 Å². The Bertz CT molecular complexity index is 481. The molecule has 5 heteroatoms. The van der Waals surface area contributed by atoms with Gasteiger partial charge in [0.05, 0.1) is 0 Å². The Labute approximate surface area is 124 Å². The number of benzene rings is 1. The predicted octanol–water partition coefficient (Wildman–Crippen LogP) is 2.20. The van der Waals surface area contributed by atoms with Crippen LogP contribution in [0.2, 0.25) is 0 Å². The molecule has 1 aliphatic heterocycles. The maximum atomic E-state index is 13.6. The maximum Gasteiger partial charge on any atom is 0.133 e. The molecule has 3 N–H and O–H groups in total. The second-order valence-corrected chi connectivity index (χ2v) is 5.75. The highest BCUT2D eigenvalue weighted by molar-refractivity contribution is 7.80. The first-order chi connectivity index (χ1) is 9.61. The molecule has 1 unspecified atom stereocenters. The summed E-state index contributed by atoms with van der Waals surface area (Å²) in [5.41, 5.74) is 6.89. The summed E-state index contributed by atoms with van der Waals surface area (Å²) in [6, 6.07) is 5.49. The highest BCUT2D eigenvalue weighted by Gasteiger charge is 2.24. The van der Waals surface area contributed by atoms with Crippen molar-refractivity contribution in [1.82, 2.24) is 4.90 Å².